The molecule has 0 radical (unpaired) electrons. The molecule has 0 unspecified atom stereocenters. The number of anilines is 1. The molecule has 2 aromatic heterocycles. The summed E-state index contributed by atoms with van der Waals surface area (Å²) in [5.41, 5.74) is 4.60. The molecular formula is C22H14Cl2N6O. The molecule has 7 nitrogen and oxygen atoms in total. The van der Waals surface area contributed by atoms with Gasteiger partial charge < -0.3 is 10.1 Å². The maximum absolute atomic E-state index is 6.52. The van der Waals surface area contributed by atoms with E-state index in [2.05, 4.69) is 25.8 Å². The summed E-state index contributed by atoms with van der Waals surface area (Å²) in [4.78, 5) is 4.32. The first-order valence-electron chi connectivity index (χ1n) is 9.60. The van der Waals surface area contributed by atoms with E-state index in [0.29, 0.717) is 16.0 Å². The van der Waals surface area contributed by atoms with Crippen molar-refractivity contribution in [2.45, 2.75) is 12.1 Å². The lowest BCUT2D eigenvalue weighted by Gasteiger charge is -2.38. The molecular weight excluding hydrogens is 435 g/mol. The molecule has 2 atom stereocenters. The van der Waals surface area contributed by atoms with Crippen molar-refractivity contribution in [3.05, 3.63) is 99.3 Å². The van der Waals surface area contributed by atoms with Gasteiger partial charge in [0, 0.05) is 33.6 Å². The number of hydrogen-bond acceptors (Lipinski definition) is 6. The summed E-state index contributed by atoms with van der Waals surface area (Å²) >= 11 is 12.5. The third-order valence-corrected chi connectivity index (χ3v) is 5.96. The molecule has 2 aromatic carbocycles. The Morgan fingerprint density at radius 3 is 2.61 bits per heavy atom. The van der Waals surface area contributed by atoms with Crippen molar-refractivity contribution >= 4 is 34.8 Å². The zero-order valence-electron chi connectivity index (χ0n) is 15.9. The second-order valence-electron chi connectivity index (χ2n) is 7.28. The van der Waals surface area contributed by atoms with Gasteiger partial charge >= 0.3 is 0 Å². The Hall–Kier alpha value is -3.42. The van der Waals surface area contributed by atoms with Crippen LogP contribution in [0.3, 0.4) is 0 Å². The number of nitrogens with one attached hydrogen (secondary N) is 1. The Morgan fingerprint density at radius 1 is 0.968 bits per heavy atom. The monoisotopic (exact) mass is 448 g/mol. The second kappa shape index (κ2) is 7.08. The Morgan fingerprint density at radius 2 is 1.81 bits per heavy atom. The van der Waals surface area contributed by atoms with Crippen LogP contribution in [-0.2, 0) is 0 Å². The van der Waals surface area contributed by atoms with Gasteiger partial charge in [0.25, 0.3) is 0 Å². The van der Waals surface area contributed by atoms with E-state index < -0.39 is 6.10 Å². The number of halogens is 2. The van der Waals surface area contributed by atoms with E-state index >= 15 is 0 Å². The van der Waals surface area contributed by atoms with Crippen LogP contribution in [0, 0.1) is 0 Å². The maximum Gasteiger partial charge on any atom is 0.248 e. The average Bonchev–Trinajstić information content (AvgIpc) is 3.27. The van der Waals surface area contributed by atoms with Gasteiger partial charge in [0.15, 0.2) is 0 Å². The Bertz CT molecular complexity index is 1320. The third kappa shape index (κ3) is 2.97. The molecule has 0 fully saturated rings. The fourth-order valence-corrected chi connectivity index (χ4v) is 4.43. The third-order valence-electron chi connectivity index (χ3n) is 5.47. The molecule has 31 heavy (non-hydrogen) atoms. The van der Waals surface area contributed by atoms with Crippen LogP contribution in [0.4, 0.5) is 5.95 Å². The number of tetrazole rings is 1. The first-order valence-corrected chi connectivity index (χ1v) is 10.4. The van der Waals surface area contributed by atoms with Crippen LogP contribution in [0.25, 0.3) is 5.70 Å². The van der Waals surface area contributed by atoms with Crippen molar-refractivity contribution in [2.24, 2.45) is 0 Å². The van der Waals surface area contributed by atoms with Crippen molar-refractivity contribution in [1.29, 1.82) is 0 Å². The van der Waals surface area contributed by atoms with Gasteiger partial charge in [-0.25, -0.2) is 0 Å². The van der Waals surface area contributed by atoms with E-state index in [4.69, 9.17) is 27.9 Å². The van der Waals surface area contributed by atoms with E-state index in [1.54, 1.807) is 10.9 Å². The summed E-state index contributed by atoms with van der Waals surface area (Å²) in [6.45, 7) is 0. The molecule has 152 valence electrons. The Kier molecular flexibility index (Phi) is 4.19. The van der Waals surface area contributed by atoms with Gasteiger partial charge in [-0.05, 0) is 58.0 Å². The number of aromatic nitrogens is 5. The Labute approximate surface area is 187 Å². The largest absolute Gasteiger partial charge is 0.480 e. The average molecular weight is 449 g/mol. The molecule has 0 spiro atoms. The molecule has 0 bridgehead atoms. The van der Waals surface area contributed by atoms with Crippen molar-refractivity contribution in [3.63, 3.8) is 0 Å². The van der Waals surface area contributed by atoms with Crippen molar-refractivity contribution in [1.82, 2.24) is 25.2 Å². The second-order valence-corrected chi connectivity index (χ2v) is 8.15. The van der Waals surface area contributed by atoms with Crippen LogP contribution in [0.2, 0.25) is 10.0 Å². The first kappa shape index (κ1) is 18.4. The summed E-state index contributed by atoms with van der Waals surface area (Å²) < 4.78 is 8.27. The van der Waals surface area contributed by atoms with Crippen LogP contribution < -0.4 is 10.1 Å². The van der Waals surface area contributed by atoms with Crippen LogP contribution in [0.15, 0.2) is 72.6 Å². The van der Waals surface area contributed by atoms with Crippen LogP contribution >= 0.6 is 23.2 Å². The molecule has 0 saturated carbocycles. The summed E-state index contributed by atoms with van der Waals surface area (Å²) in [6, 6.07) is 16.8. The predicted octanol–water partition coefficient (Wildman–Crippen LogP) is 4.93. The highest BCUT2D eigenvalue weighted by atomic mass is 35.5. The first-order chi connectivity index (χ1) is 15.2. The number of fused-ring (bicyclic) bond motifs is 3. The highest BCUT2D eigenvalue weighted by Crippen LogP contribution is 2.50. The SMILES string of the molecule is Clc1ccc([C@H]2Oc3ccc(Cl)cc3C3=C2[C@H](c2cccnc2)n2nnnc2N3)cc1. The molecule has 9 heteroatoms. The van der Waals surface area contributed by atoms with Crippen LogP contribution in [0.1, 0.15) is 28.8 Å². The zero-order valence-corrected chi connectivity index (χ0v) is 17.4. The zero-order chi connectivity index (χ0) is 20.9. The summed E-state index contributed by atoms with van der Waals surface area (Å²) in [5, 5.41) is 17.0. The normalized spacial score (nSPS) is 19.0. The van der Waals surface area contributed by atoms with Gasteiger partial charge in [0.1, 0.15) is 17.9 Å². The van der Waals surface area contributed by atoms with E-state index in [-0.39, 0.29) is 6.04 Å². The fourth-order valence-electron chi connectivity index (χ4n) is 4.13. The highest BCUT2D eigenvalue weighted by molar-refractivity contribution is 6.31. The minimum atomic E-state index is -0.393. The summed E-state index contributed by atoms with van der Waals surface area (Å²) in [5.74, 6) is 1.26. The quantitative estimate of drug-likeness (QED) is 0.468. The number of hydrogen-bond donors (Lipinski definition) is 1. The fraction of sp³-hybridized carbons (Fsp3) is 0.0909. The lowest BCUT2D eigenvalue weighted by atomic mass is 9.85. The van der Waals surface area contributed by atoms with Gasteiger partial charge in [-0.2, -0.15) is 4.68 Å². The van der Waals surface area contributed by atoms with Gasteiger partial charge in [0.2, 0.25) is 5.95 Å². The minimum Gasteiger partial charge on any atom is -0.480 e. The summed E-state index contributed by atoms with van der Waals surface area (Å²) in [6.07, 6.45) is 3.16. The lowest BCUT2D eigenvalue weighted by Crippen LogP contribution is -2.32. The maximum atomic E-state index is 6.52. The van der Waals surface area contributed by atoms with Crippen LogP contribution in [-0.4, -0.2) is 25.2 Å². The van der Waals surface area contributed by atoms with Gasteiger partial charge in [-0.15, -0.1) is 0 Å². The lowest BCUT2D eigenvalue weighted by molar-refractivity contribution is 0.222. The van der Waals surface area contributed by atoms with Crippen molar-refractivity contribution in [2.75, 3.05) is 5.32 Å². The van der Waals surface area contributed by atoms with Gasteiger partial charge in [0.05, 0.1) is 5.70 Å². The van der Waals surface area contributed by atoms with Crippen molar-refractivity contribution < 1.29 is 4.74 Å². The topological polar surface area (TPSA) is 77.8 Å². The van der Waals surface area contributed by atoms with Gasteiger partial charge in [-0.3, -0.25) is 4.98 Å². The van der Waals surface area contributed by atoms with E-state index in [1.807, 2.05) is 60.8 Å². The number of rotatable bonds is 2. The molecule has 6 rings (SSSR count). The molecule has 0 amide bonds. The standard InChI is InChI=1S/C22H14Cl2N6O/c23-14-5-3-12(4-6-14)21-18-19(16-10-15(24)7-8-17(16)31-21)26-22-27-28-29-30(22)20(18)13-2-1-9-25-11-13/h1-11,20-21H,(H,26,27,29)/t20-,21+/m0/s1. The van der Waals surface area contributed by atoms with E-state index in [0.717, 1.165) is 33.7 Å². The van der Waals surface area contributed by atoms with Crippen molar-refractivity contribution in [3.8, 4) is 5.75 Å². The van der Waals surface area contributed by atoms with E-state index in [9.17, 15) is 0 Å². The molecule has 4 heterocycles. The highest BCUT2D eigenvalue weighted by Gasteiger charge is 2.41. The molecule has 0 aliphatic carbocycles. The minimum absolute atomic E-state index is 0.317. The molecule has 1 N–H and O–H groups in total. The smallest absolute Gasteiger partial charge is 0.248 e. The van der Waals surface area contributed by atoms with Crippen LogP contribution in [0.5, 0.6) is 5.75 Å². The molecule has 0 saturated heterocycles. The number of ether oxygens (including phenoxy) is 1. The summed E-state index contributed by atoms with van der Waals surface area (Å²) in [7, 11) is 0. The molecule has 2 aliphatic heterocycles. The number of pyridine rings is 1. The van der Waals surface area contributed by atoms with E-state index in [1.165, 1.54) is 0 Å². The number of nitrogens with zero attached hydrogens (tertiary/aromatic N) is 5. The Balaban J connectivity index is 1.64. The molecule has 4 aromatic rings. The van der Waals surface area contributed by atoms with Gasteiger partial charge in [-0.1, -0.05) is 46.5 Å². The molecule has 2 aliphatic rings. The number of benzene rings is 2. The predicted molar refractivity (Wildman–Crippen MR) is 117 cm³/mol.